The average Bonchev–Trinajstić information content (AvgIpc) is 2.96. The van der Waals surface area contributed by atoms with Gasteiger partial charge in [-0.2, -0.15) is 0 Å². The molecule has 0 spiro atoms. The second-order valence-corrected chi connectivity index (χ2v) is 7.18. The standard InChI is InChI=1S/C21H23NO3/c1-21(2,3)15-8-9-19-18(11-15)14(13-25-19)10-20(23)22-16-6-5-7-17(12-16)24-4/h5-9,11-13H,10H2,1-4H3,(H,22,23). The maximum Gasteiger partial charge on any atom is 0.228 e. The van der Waals surface area contributed by atoms with Crippen molar-refractivity contribution in [1.29, 1.82) is 0 Å². The fraction of sp³-hybridized carbons (Fsp3) is 0.286. The van der Waals surface area contributed by atoms with Crippen molar-refractivity contribution in [3.8, 4) is 5.75 Å². The summed E-state index contributed by atoms with van der Waals surface area (Å²) in [5.74, 6) is 0.624. The van der Waals surface area contributed by atoms with Gasteiger partial charge in [0.25, 0.3) is 0 Å². The monoisotopic (exact) mass is 337 g/mol. The van der Waals surface area contributed by atoms with Crippen molar-refractivity contribution < 1.29 is 13.9 Å². The molecule has 0 fully saturated rings. The van der Waals surface area contributed by atoms with Crippen LogP contribution >= 0.6 is 0 Å². The fourth-order valence-electron chi connectivity index (χ4n) is 2.76. The molecule has 0 saturated heterocycles. The summed E-state index contributed by atoms with van der Waals surface area (Å²) in [4.78, 5) is 12.4. The number of ether oxygens (including phenoxy) is 1. The van der Waals surface area contributed by atoms with Gasteiger partial charge in [-0.1, -0.05) is 32.9 Å². The van der Waals surface area contributed by atoms with Crippen LogP contribution in [0.3, 0.4) is 0 Å². The van der Waals surface area contributed by atoms with Gasteiger partial charge in [0.2, 0.25) is 5.91 Å². The van der Waals surface area contributed by atoms with E-state index in [-0.39, 0.29) is 17.7 Å². The Balaban J connectivity index is 1.81. The minimum Gasteiger partial charge on any atom is -0.497 e. The van der Waals surface area contributed by atoms with E-state index in [0.717, 1.165) is 16.5 Å². The Hall–Kier alpha value is -2.75. The lowest BCUT2D eigenvalue weighted by Crippen LogP contribution is -2.14. The number of carbonyl (C=O) groups excluding carboxylic acids is 1. The average molecular weight is 337 g/mol. The fourth-order valence-corrected chi connectivity index (χ4v) is 2.76. The largest absolute Gasteiger partial charge is 0.497 e. The molecule has 3 aromatic rings. The van der Waals surface area contributed by atoms with Crippen LogP contribution in [0.4, 0.5) is 5.69 Å². The van der Waals surface area contributed by atoms with Gasteiger partial charge in [0.15, 0.2) is 0 Å². The summed E-state index contributed by atoms with van der Waals surface area (Å²) < 4.78 is 10.8. The van der Waals surface area contributed by atoms with Gasteiger partial charge < -0.3 is 14.5 Å². The predicted molar refractivity (Wildman–Crippen MR) is 100 cm³/mol. The Morgan fingerprint density at radius 1 is 1.16 bits per heavy atom. The van der Waals surface area contributed by atoms with Gasteiger partial charge in [-0.15, -0.1) is 0 Å². The van der Waals surface area contributed by atoms with Crippen molar-refractivity contribution >= 4 is 22.6 Å². The first-order valence-corrected chi connectivity index (χ1v) is 8.31. The molecule has 25 heavy (non-hydrogen) atoms. The highest BCUT2D eigenvalue weighted by molar-refractivity contribution is 5.95. The summed E-state index contributed by atoms with van der Waals surface area (Å²) in [6.45, 7) is 6.51. The van der Waals surface area contributed by atoms with Gasteiger partial charge in [0.1, 0.15) is 11.3 Å². The topological polar surface area (TPSA) is 51.5 Å². The number of anilines is 1. The lowest BCUT2D eigenvalue weighted by Gasteiger charge is -2.18. The first kappa shape index (κ1) is 17.1. The highest BCUT2D eigenvalue weighted by atomic mass is 16.5. The summed E-state index contributed by atoms with van der Waals surface area (Å²) >= 11 is 0. The summed E-state index contributed by atoms with van der Waals surface area (Å²) in [5.41, 5.74) is 3.67. The van der Waals surface area contributed by atoms with Crippen LogP contribution in [0.2, 0.25) is 0 Å². The van der Waals surface area contributed by atoms with Gasteiger partial charge >= 0.3 is 0 Å². The van der Waals surface area contributed by atoms with E-state index in [2.05, 4.69) is 38.2 Å². The molecule has 0 unspecified atom stereocenters. The van der Waals surface area contributed by atoms with E-state index >= 15 is 0 Å². The van der Waals surface area contributed by atoms with Crippen LogP contribution in [0, 0.1) is 0 Å². The molecule has 4 heteroatoms. The van der Waals surface area contributed by atoms with Crippen LogP contribution in [-0.4, -0.2) is 13.0 Å². The third-order valence-electron chi connectivity index (χ3n) is 4.22. The van der Waals surface area contributed by atoms with Gasteiger partial charge in [-0.05, 0) is 35.2 Å². The first-order valence-electron chi connectivity index (χ1n) is 8.31. The first-order chi connectivity index (χ1) is 11.9. The zero-order chi connectivity index (χ0) is 18.0. The highest BCUT2D eigenvalue weighted by Crippen LogP contribution is 2.29. The number of hydrogen-bond acceptors (Lipinski definition) is 3. The lowest BCUT2D eigenvalue weighted by atomic mass is 9.86. The normalized spacial score (nSPS) is 11.5. The molecule has 1 N–H and O–H groups in total. The second kappa shape index (κ2) is 6.63. The second-order valence-electron chi connectivity index (χ2n) is 7.18. The molecular formula is C21H23NO3. The quantitative estimate of drug-likeness (QED) is 0.735. The predicted octanol–water partition coefficient (Wildman–Crippen LogP) is 4.92. The SMILES string of the molecule is COc1cccc(NC(=O)Cc2coc3ccc(C(C)(C)C)cc23)c1. The molecule has 3 rings (SSSR count). The molecule has 2 aromatic carbocycles. The lowest BCUT2D eigenvalue weighted by molar-refractivity contribution is -0.115. The number of benzene rings is 2. The van der Waals surface area contributed by atoms with Gasteiger partial charge in [-0.25, -0.2) is 0 Å². The van der Waals surface area contributed by atoms with Crippen molar-refractivity contribution in [1.82, 2.24) is 0 Å². The number of fused-ring (bicyclic) bond motifs is 1. The van der Waals surface area contributed by atoms with Crippen molar-refractivity contribution in [3.05, 3.63) is 59.9 Å². The van der Waals surface area contributed by atoms with E-state index in [4.69, 9.17) is 9.15 Å². The van der Waals surface area contributed by atoms with Crippen LogP contribution in [0.25, 0.3) is 11.0 Å². The highest BCUT2D eigenvalue weighted by Gasteiger charge is 2.17. The van der Waals surface area contributed by atoms with Crippen molar-refractivity contribution in [2.24, 2.45) is 0 Å². The van der Waals surface area contributed by atoms with Crippen LogP contribution in [0.15, 0.2) is 53.1 Å². The van der Waals surface area contributed by atoms with Crippen molar-refractivity contribution in [2.45, 2.75) is 32.6 Å². The van der Waals surface area contributed by atoms with Crippen LogP contribution < -0.4 is 10.1 Å². The molecule has 0 aliphatic heterocycles. The van der Waals surface area contributed by atoms with E-state index < -0.39 is 0 Å². The van der Waals surface area contributed by atoms with E-state index in [9.17, 15) is 4.79 Å². The molecule has 1 amide bonds. The molecule has 0 bridgehead atoms. The van der Waals surface area contributed by atoms with Gasteiger partial charge in [-0.3, -0.25) is 4.79 Å². The molecule has 1 heterocycles. The molecule has 4 nitrogen and oxygen atoms in total. The molecule has 0 aliphatic rings. The Labute approximate surface area is 147 Å². The molecular weight excluding hydrogens is 314 g/mol. The summed E-state index contributed by atoms with van der Waals surface area (Å²) in [6.07, 6.45) is 1.93. The maximum atomic E-state index is 12.4. The zero-order valence-electron chi connectivity index (χ0n) is 15.1. The minimum atomic E-state index is -0.0860. The molecule has 130 valence electrons. The molecule has 0 aliphatic carbocycles. The number of nitrogens with one attached hydrogen (secondary N) is 1. The molecule has 1 aromatic heterocycles. The van der Waals surface area contributed by atoms with Crippen molar-refractivity contribution in [3.63, 3.8) is 0 Å². The van der Waals surface area contributed by atoms with Crippen LogP contribution in [0.5, 0.6) is 5.75 Å². The minimum absolute atomic E-state index is 0.0472. The maximum absolute atomic E-state index is 12.4. The number of carbonyl (C=O) groups is 1. The zero-order valence-corrected chi connectivity index (χ0v) is 15.1. The summed E-state index contributed by atoms with van der Waals surface area (Å²) in [6, 6.07) is 13.5. The van der Waals surface area contributed by atoms with E-state index in [1.54, 1.807) is 19.4 Å². The number of furan rings is 1. The van der Waals surface area contributed by atoms with E-state index in [1.807, 2.05) is 24.3 Å². The Kier molecular flexibility index (Phi) is 4.53. The number of amides is 1. The van der Waals surface area contributed by atoms with Crippen LogP contribution in [0.1, 0.15) is 31.9 Å². The Bertz CT molecular complexity index is 903. The number of rotatable bonds is 4. The summed E-state index contributed by atoms with van der Waals surface area (Å²) in [5, 5.41) is 3.90. The number of hydrogen-bond donors (Lipinski definition) is 1. The van der Waals surface area contributed by atoms with Gasteiger partial charge in [0.05, 0.1) is 19.8 Å². The van der Waals surface area contributed by atoms with E-state index in [1.165, 1.54) is 5.56 Å². The molecule has 0 radical (unpaired) electrons. The van der Waals surface area contributed by atoms with Crippen LogP contribution in [-0.2, 0) is 16.6 Å². The van der Waals surface area contributed by atoms with E-state index in [0.29, 0.717) is 11.4 Å². The Morgan fingerprint density at radius 2 is 1.96 bits per heavy atom. The third-order valence-corrected chi connectivity index (χ3v) is 4.22. The number of methoxy groups -OCH3 is 1. The Morgan fingerprint density at radius 3 is 2.68 bits per heavy atom. The smallest absolute Gasteiger partial charge is 0.228 e. The molecule has 0 atom stereocenters. The third kappa shape index (κ3) is 3.85. The molecule has 0 saturated carbocycles. The summed E-state index contributed by atoms with van der Waals surface area (Å²) in [7, 11) is 1.60. The van der Waals surface area contributed by atoms with Gasteiger partial charge in [0, 0.05) is 22.7 Å². The van der Waals surface area contributed by atoms with Crippen molar-refractivity contribution in [2.75, 3.05) is 12.4 Å².